The van der Waals surface area contributed by atoms with E-state index in [1.54, 1.807) is 0 Å². The molecule has 1 heterocycles. The molecule has 4 rings (SSSR count). The van der Waals surface area contributed by atoms with Crippen LogP contribution in [-0.2, 0) is 10.8 Å². The Morgan fingerprint density at radius 1 is 0.667 bits per heavy atom. The maximum atomic E-state index is 7.16. The summed E-state index contributed by atoms with van der Waals surface area (Å²) in [5.41, 5.74) is 7.77. The molecule has 1 fully saturated rings. The molecule has 0 N–H and O–H groups in total. The van der Waals surface area contributed by atoms with Gasteiger partial charge in [-0.1, -0.05) is 0 Å². The monoisotopic (exact) mass is 678 g/mol. The molecule has 2 atom stereocenters. The molecule has 1 aliphatic carbocycles. The van der Waals surface area contributed by atoms with Crippen molar-refractivity contribution < 1.29 is 6.15 Å². The predicted octanol–water partition coefficient (Wildman–Crippen LogP) is 9.21. The third kappa shape index (κ3) is 6.98. The summed E-state index contributed by atoms with van der Waals surface area (Å²) >= 11 is -4.73. The van der Waals surface area contributed by atoms with E-state index >= 15 is 0 Å². The van der Waals surface area contributed by atoms with Gasteiger partial charge in [0.05, 0.1) is 0 Å². The number of nitrogens with zero attached hydrogens (tertiary/aromatic N) is 2. The third-order valence-electron chi connectivity index (χ3n) is 7.72. The first kappa shape index (κ1) is 30.7. The zero-order chi connectivity index (χ0) is 28.9. The van der Waals surface area contributed by atoms with E-state index in [1.807, 2.05) is 0 Å². The molecule has 1 saturated carbocycles. The molecule has 0 bridgehead atoms. The van der Waals surface area contributed by atoms with Gasteiger partial charge in [0, 0.05) is 0 Å². The first-order valence-electron chi connectivity index (χ1n) is 14.1. The average Bonchev–Trinajstić information content (AvgIpc) is 2.80. The van der Waals surface area contributed by atoms with Crippen molar-refractivity contribution in [1.29, 1.82) is 0 Å². The number of rotatable bonds is 0. The molecule has 0 amide bonds. The Bertz CT molecular complexity index is 1220. The Balaban J connectivity index is 2.05. The van der Waals surface area contributed by atoms with Crippen molar-refractivity contribution >= 4 is 46.2 Å². The Kier molecular flexibility index (Phi) is 8.83. The zero-order valence-corrected chi connectivity index (χ0v) is 29.6. The van der Waals surface area contributed by atoms with Crippen LogP contribution >= 0.6 is 17.8 Å². The molecule has 212 valence electrons. The summed E-state index contributed by atoms with van der Waals surface area (Å²) < 4.78 is 13.4. The van der Waals surface area contributed by atoms with Gasteiger partial charge >= 0.3 is 249 Å². The van der Waals surface area contributed by atoms with E-state index in [1.165, 1.54) is 0 Å². The Morgan fingerprint density at radius 3 is 1.36 bits per heavy atom. The average molecular weight is 678 g/mol. The minimum atomic E-state index is -4.73. The van der Waals surface area contributed by atoms with Crippen molar-refractivity contribution in [3.8, 4) is 11.5 Å². The van der Waals surface area contributed by atoms with Gasteiger partial charge in [0.15, 0.2) is 0 Å². The number of fused-ring (bicyclic) bond motifs is 3. The molecule has 0 aromatic heterocycles. The van der Waals surface area contributed by atoms with Gasteiger partial charge < -0.3 is 0 Å². The van der Waals surface area contributed by atoms with Gasteiger partial charge in [-0.3, -0.25) is 0 Å². The van der Waals surface area contributed by atoms with Gasteiger partial charge in [0.1, 0.15) is 0 Å². The van der Waals surface area contributed by atoms with E-state index < -0.39 is 17.0 Å². The number of hydrogen-bond acceptors (Lipinski definition) is 4. The summed E-state index contributed by atoms with van der Waals surface area (Å²) in [5, 5.41) is 0. The predicted molar refractivity (Wildman–Crippen MR) is 169 cm³/mol. The molecule has 0 radical (unpaired) electrons. The number of aliphatic imine (C=N–C) groups is 2. The van der Waals surface area contributed by atoms with Crippen molar-refractivity contribution in [2.75, 3.05) is 0 Å². The van der Waals surface area contributed by atoms with Gasteiger partial charge in [-0.25, -0.2) is 0 Å². The van der Waals surface area contributed by atoms with Gasteiger partial charge in [-0.2, -0.15) is 0 Å². The standard InChI is InChI=1S/C32H46N2O2.2ClH.Sn/c1-19-15-23(29(35)25(17-19)31(5,6)7)21(3)33-27-13-11-12-14-28(27)34-22(4)24-16-20(2)18-26(30(24)36)32(8,9)10;;;/h15-18,27-28,35-36H,11-14H2,1-10H3;2*1H;/q;;;+4/p-4/t27-,28-;;;/m1.../s1. The minimum absolute atomic E-state index is 0.109. The van der Waals surface area contributed by atoms with Crippen LogP contribution in [0.15, 0.2) is 34.3 Å². The van der Waals surface area contributed by atoms with Crippen LogP contribution in [0, 0.1) is 13.8 Å². The number of benzene rings is 2. The SMILES string of the molecule is CC1=N[C@@H]2CCCC[C@H]2N=C(C)c2cc(C)cc(C(C)(C)C)c2[O][Sn]([Cl])([Cl])[O]c2c1cc(C)cc2C(C)(C)C. The van der Waals surface area contributed by atoms with E-state index in [0.29, 0.717) is 11.5 Å². The molecule has 0 spiro atoms. The van der Waals surface area contributed by atoms with Crippen molar-refractivity contribution in [3.05, 3.63) is 57.6 Å². The third-order valence-corrected chi connectivity index (χ3v) is 12.3. The molecule has 1 aliphatic heterocycles. The van der Waals surface area contributed by atoms with E-state index in [4.69, 9.17) is 34.0 Å². The Hall–Kier alpha value is -1.24. The summed E-state index contributed by atoms with van der Waals surface area (Å²) in [6.45, 7) is 21.5. The molecule has 0 saturated heterocycles. The van der Waals surface area contributed by atoms with Crippen LogP contribution in [0.2, 0.25) is 0 Å². The van der Waals surface area contributed by atoms with Crippen LogP contribution in [-0.4, -0.2) is 40.5 Å². The molecule has 7 heteroatoms. The van der Waals surface area contributed by atoms with E-state index in [0.717, 1.165) is 70.5 Å². The summed E-state index contributed by atoms with van der Waals surface area (Å²) in [5.74, 6) is 1.40. The van der Waals surface area contributed by atoms with Crippen LogP contribution in [0.1, 0.15) is 114 Å². The molecular weight excluding hydrogens is 634 g/mol. The second-order valence-corrected chi connectivity index (χ2v) is 25.2. The zero-order valence-electron chi connectivity index (χ0n) is 25.3. The maximum absolute atomic E-state index is 7.16. The van der Waals surface area contributed by atoms with E-state index in [2.05, 4.69) is 93.5 Å². The van der Waals surface area contributed by atoms with Crippen molar-refractivity contribution in [3.63, 3.8) is 0 Å². The van der Waals surface area contributed by atoms with Gasteiger partial charge in [-0.05, 0) is 0 Å². The van der Waals surface area contributed by atoms with Crippen molar-refractivity contribution in [2.45, 2.75) is 118 Å². The summed E-state index contributed by atoms with van der Waals surface area (Å²) in [6.07, 6.45) is 4.36. The molecule has 2 aliphatic rings. The quantitative estimate of drug-likeness (QED) is 0.261. The first-order valence-corrected chi connectivity index (χ1v) is 23.7. The fraction of sp³-hybridized carbons (Fsp3) is 0.562. The molecule has 4 nitrogen and oxygen atoms in total. The van der Waals surface area contributed by atoms with Gasteiger partial charge in [-0.15, -0.1) is 0 Å². The molecule has 2 aromatic carbocycles. The van der Waals surface area contributed by atoms with Crippen molar-refractivity contribution in [2.24, 2.45) is 9.98 Å². The molecule has 2 aromatic rings. The topological polar surface area (TPSA) is 43.2 Å². The number of halogens is 2. The summed E-state index contributed by atoms with van der Waals surface area (Å²) in [4.78, 5) is 10.6. The second-order valence-electron chi connectivity index (χ2n) is 13.4. The summed E-state index contributed by atoms with van der Waals surface area (Å²) in [7, 11) is 14.3. The first-order chi connectivity index (χ1) is 18.0. The Morgan fingerprint density at radius 2 is 1.03 bits per heavy atom. The normalized spacial score (nSPS) is 21.8. The van der Waals surface area contributed by atoms with Crippen LogP contribution < -0.4 is 6.15 Å². The fourth-order valence-corrected chi connectivity index (χ4v) is 10.5. The summed E-state index contributed by atoms with van der Waals surface area (Å²) in [6, 6.07) is 8.85. The number of aryl methyl sites for hydroxylation is 2. The molecule has 0 unspecified atom stereocenters. The van der Waals surface area contributed by atoms with Crippen LogP contribution in [0.25, 0.3) is 0 Å². The van der Waals surface area contributed by atoms with Crippen LogP contribution in [0.3, 0.4) is 0 Å². The van der Waals surface area contributed by atoms with E-state index in [9.17, 15) is 0 Å². The van der Waals surface area contributed by atoms with Crippen molar-refractivity contribution in [1.82, 2.24) is 0 Å². The van der Waals surface area contributed by atoms with Gasteiger partial charge in [0.25, 0.3) is 0 Å². The van der Waals surface area contributed by atoms with Gasteiger partial charge in [0.2, 0.25) is 0 Å². The molecule has 39 heavy (non-hydrogen) atoms. The van der Waals surface area contributed by atoms with E-state index in [-0.39, 0.29) is 22.9 Å². The number of hydrogen-bond donors (Lipinski definition) is 0. The Labute approximate surface area is 248 Å². The molecular formula is C32H44Cl2N2O2Sn. The van der Waals surface area contributed by atoms with Crippen LogP contribution in [0.5, 0.6) is 11.5 Å². The second kappa shape index (κ2) is 11.2. The van der Waals surface area contributed by atoms with Crippen LogP contribution in [0.4, 0.5) is 0 Å². The fourth-order valence-electron chi connectivity index (χ4n) is 5.71.